The maximum absolute atomic E-state index is 13.6. The highest BCUT2D eigenvalue weighted by molar-refractivity contribution is 6.01. The van der Waals surface area contributed by atoms with Crippen molar-refractivity contribution in [2.24, 2.45) is 13.0 Å². The molecule has 0 spiro atoms. The number of nitrogens with two attached hydrogens (primary N) is 1. The number of benzene rings is 2. The van der Waals surface area contributed by atoms with Crippen molar-refractivity contribution in [2.75, 3.05) is 74.9 Å². The van der Waals surface area contributed by atoms with E-state index in [1.165, 1.54) is 11.3 Å². The van der Waals surface area contributed by atoms with Crippen molar-refractivity contribution in [1.82, 2.24) is 34.6 Å². The van der Waals surface area contributed by atoms with Crippen molar-refractivity contribution in [3.05, 3.63) is 102 Å². The van der Waals surface area contributed by atoms with E-state index in [-0.39, 0.29) is 23.8 Å². The third-order valence-electron chi connectivity index (χ3n) is 14.0. The van der Waals surface area contributed by atoms with Gasteiger partial charge in [0, 0.05) is 106 Å². The first-order chi connectivity index (χ1) is 30.6. The second-order valence-electron chi connectivity index (χ2n) is 17.8. The quantitative estimate of drug-likeness (QED) is 0.143. The van der Waals surface area contributed by atoms with Crippen LogP contribution < -0.4 is 21.3 Å². The molecule has 4 aliphatic heterocycles. The van der Waals surface area contributed by atoms with Crippen molar-refractivity contribution in [3.8, 4) is 17.2 Å². The number of fused-ring (bicyclic) bond motifs is 1. The van der Waals surface area contributed by atoms with Gasteiger partial charge in [-0.2, -0.15) is 5.26 Å². The summed E-state index contributed by atoms with van der Waals surface area (Å²) < 4.78 is 2.23. The lowest BCUT2D eigenvalue weighted by atomic mass is 9.88. The fourth-order valence-electron chi connectivity index (χ4n) is 10.2. The Morgan fingerprint density at radius 2 is 1.67 bits per heavy atom. The van der Waals surface area contributed by atoms with Crippen molar-refractivity contribution in [1.29, 1.82) is 5.26 Å². The molecule has 4 saturated heterocycles. The summed E-state index contributed by atoms with van der Waals surface area (Å²) in [6.45, 7) is 10.4. The summed E-state index contributed by atoms with van der Waals surface area (Å²) in [5.41, 5.74) is 14.5. The number of aryl methyl sites for hydroxylation is 1. The van der Waals surface area contributed by atoms with Crippen LogP contribution in [-0.4, -0.2) is 112 Å². The number of carbonyl (C=O) groups excluding carboxylic acids is 3. The van der Waals surface area contributed by atoms with E-state index in [0.29, 0.717) is 41.7 Å². The summed E-state index contributed by atoms with van der Waals surface area (Å²) in [7, 11) is 2.11. The first kappa shape index (κ1) is 42.0. The number of pyridine rings is 2. The Kier molecular flexibility index (Phi) is 12.1. The molecule has 1 unspecified atom stereocenters. The highest BCUT2D eigenvalue weighted by Gasteiger charge is 2.30. The average Bonchev–Trinajstić information content (AvgIpc) is 3.66. The minimum atomic E-state index is -0.492. The number of likely N-dealkylation sites (tertiary alicyclic amines) is 2. The standard InChI is InChI=1S/C49H57N11O3/c1-32(44-28-41-40(13-18-52-47(41)56(44)2)37-7-11-45(51)53-30-37)58-21-16-35(17-22-58)34-3-5-36(6-4-34)49(63)60-19-14-33(15-20-60)31-57-23-25-59(26-24-57)43-10-8-39(27-38(43)29-50)54-42-9-12-46(61)55-48(42)62/h3-8,10-11,13,18,27-28,30,32-33,35,42,54H,9,12,14-17,19-26,31H2,1-2H3,(H2,51,53)(H,55,61,62)/t32-,42?/m0/s1. The molecule has 0 radical (unpaired) electrons. The Balaban J connectivity index is 0.721. The van der Waals surface area contributed by atoms with Crippen molar-refractivity contribution >= 4 is 45.9 Å². The Labute approximate surface area is 369 Å². The topological polar surface area (TPSA) is 169 Å². The predicted molar refractivity (Wildman–Crippen MR) is 245 cm³/mol. The Morgan fingerprint density at radius 1 is 0.905 bits per heavy atom. The van der Waals surface area contributed by atoms with E-state index >= 15 is 0 Å². The monoisotopic (exact) mass is 847 g/mol. The van der Waals surface area contributed by atoms with Crippen molar-refractivity contribution < 1.29 is 14.4 Å². The number of aromatic nitrogens is 3. The third kappa shape index (κ3) is 8.99. The smallest absolute Gasteiger partial charge is 0.253 e. The molecule has 14 heteroatoms. The number of hydrogen-bond acceptors (Lipinski definition) is 11. The van der Waals surface area contributed by atoms with Gasteiger partial charge in [-0.05, 0) is 130 Å². The maximum atomic E-state index is 13.6. The SMILES string of the molecule is C[C@@H](c1cc2c(-c3ccc(N)nc3)ccnc2n1C)N1CCC(c2ccc(C(=O)N3CCC(CN4CCN(c5ccc(NC6CCC(=O)NC6=O)cc5C#N)CC4)CC3)cc2)CC1. The van der Waals surface area contributed by atoms with Gasteiger partial charge in [0.1, 0.15) is 23.6 Å². The summed E-state index contributed by atoms with van der Waals surface area (Å²) in [6.07, 6.45) is 8.57. The van der Waals surface area contributed by atoms with Gasteiger partial charge in [-0.1, -0.05) is 12.1 Å². The van der Waals surface area contributed by atoms with E-state index in [2.05, 4.69) is 73.1 Å². The molecule has 4 fully saturated rings. The summed E-state index contributed by atoms with van der Waals surface area (Å²) in [5, 5.41) is 16.6. The van der Waals surface area contributed by atoms with Crippen LogP contribution in [-0.2, 0) is 16.6 Å². The fraction of sp³-hybridized carbons (Fsp3) is 0.429. The van der Waals surface area contributed by atoms with E-state index in [4.69, 9.17) is 10.7 Å². The zero-order chi connectivity index (χ0) is 43.6. The Bertz CT molecular complexity index is 2510. The second kappa shape index (κ2) is 18.2. The zero-order valence-electron chi connectivity index (χ0n) is 36.3. The molecule has 326 valence electrons. The van der Waals surface area contributed by atoms with Gasteiger partial charge in [-0.15, -0.1) is 0 Å². The minimum absolute atomic E-state index is 0.129. The summed E-state index contributed by atoms with van der Waals surface area (Å²) >= 11 is 0. The molecule has 4 aliphatic rings. The van der Waals surface area contributed by atoms with Crippen LogP contribution >= 0.6 is 0 Å². The van der Waals surface area contributed by atoms with E-state index < -0.39 is 6.04 Å². The molecule has 3 amide bonds. The Hall–Kier alpha value is -6.30. The van der Waals surface area contributed by atoms with Crippen molar-refractivity contribution in [2.45, 2.75) is 63.5 Å². The van der Waals surface area contributed by atoms with Gasteiger partial charge >= 0.3 is 0 Å². The molecule has 3 aromatic heterocycles. The lowest BCUT2D eigenvalue weighted by Gasteiger charge is -2.40. The highest BCUT2D eigenvalue weighted by atomic mass is 16.2. The molecule has 14 nitrogen and oxygen atoms in total. The first-order valence-corrected chi connectivity index (χ1v) is 22.5. The molecule has 0 aliphatic carbocycles. The van der Waals surface area contributed by atoms with Crippen LogP contribution in [0.1, 0.15) is 84.6 Å². The second-order valence-corrected chi connectivity index (χ2v) is 17.8. The summed E-state index contributed by atoms with van der Waals surface area (Å²) in [6, 6.07) is 24.4. The van der Waals surface area contributed by atoms with Crippen molar-refractivity contribution in [3.63, 3.8) is 0 Å². The van der Waals surface area contributed by atoms with Gasteiger partial charge in [0.05, 0.1) is 11.3 Å². The van der Waals surface area contributed by atoms with Gasteiger partial charge in [0.15, 0.2) is 0 Å². The number of nitrogens with zero attached hydrogens (tertiary/aromatic N) is 8. The highest BCUT2D eigenvalue weighted by Crippen LogP contribution is 2.36. The third-order valence-corrected chi connectivity index (χ3v) is 14.0. The Morgan fingerprint density at radius 3 is 2.37 bits per heavy atom. The molecule has 0 saturated carbocycles. The first-order valence-electron chi connectivity index (χ1n) is 22.5. The number of piperazine rings is 1. The van der Waals surface area contributed by atoms with Crippen LogP contribution in [0.15, 0.2) is 79.1 Å². The summed E-state index contributed by atoms with van der Waals surface area (Å²) in [4.78, 5) is 55.8. The molecule has 2 atom stereocenters. The van der Waals surface area contributed by atoms with Gasteiger partial charge in [-0.3, -0.25) is 29.5 Å². The average molecular weight is 848 g/mol. The maximum Gasteiger partial charge on any atom is 0.253 e. The number of anilines is 3. The molecular weight excluding hydrogens is 791 g/mol. The number of nitriles is 1. The van der Waals surface area contributed by atoms with Crippen LogP contribution in [0.2, 0.25) is 0 Å². The van der Waals surface area contributed by atoms with E-state index in [1.54, 1.807) is 6.07 Å². The van der Waals surface area contributed by atoms with E-state index in [0.717, 1.165) is 118 Å². The molecule has 7 heterocycles. The number of rotatable bonds is 10. The molecule has 4 N–H and O–H groups in total. The van der Waals surface area contributed by atoms with Gasteiger partial charge in [-0.25, -0.2) is 9.97 Å². The molecule has 2 aromatic carbocycles. The predicted octanol–water partition coefficient (Wildman–Crippen LogP) is 5.92. The molecule has 9 rings (SSSR count). The normalized spacial score (nSPS) is 20.1. The van der Waals surface area contributed by atoms with E-state index in [9.17, 15) is 19.6 Å². The number of nitrogens with one attached hydrogen (secondary N) is 2. The van der Waals surface area contributed by atoms with Gasteiger partial charge in [0.2, 0.25) is 11.8 Å². The molecule has 0 bridgehead atoms. The number of imide groups is 1. The lowest BCUT2D eigenvalue weighted by Crippen LogP contribution is -2.49. The number of carbonyl (C=O) groups is 3. The largest absolute Gasteiger partial charge is 0.384 e. The zero-order valence-corrected chi connectivity index (χ0v) is 36.3. The number of hydrogen-bond donors (Lipinski definition) is 3. The molecular formula is C49H57N11O3. The summed E-state index contributed by atoms with van der Waals surface area (Å²) in [5.74, 6) is 1.07. The van der Waals surface area contributed by atoms with Crippen LogP contribution in [0, 0.1) is 17.2 Å². The number of nitrogen functional groups attached to an aromatic ring is 1. The minimum Gasteiger partial charge on any atom is -0.384 e. The number of amides is 3. The van der Waals surface area contributed by atoms with Crippen LogP contribution in [0.25, 0.3) is 22.2 Å². The molecule has 5 aromatic rings. The lowest BCUT2D eigenvalue weighted by molar-refractivity contribution is -0.133. The van der Waals surface area contributed by atoms with Crippen LogP contribution in [0.4, 0.5) is 17.2 Å². The fourth-order valence-corrected chi connectivity index (χ4v) is 10.2. The van der Waals surface area contributed by atoms with Crippen LogP contribution in [0.3, 0.4) is 0 Å². The van der Waals surface area contributed by atoms with Crippen LogP contribution in [0.5, 0.6) is 0 Å². The van der Waals surface area contributed by atoms with Gasteiger partial charge < -0.3 is 25.4 Å². The van der Waals surface area contributed by atoms with Gasteiger partial charge in [0.25, 0.3) is 5.91 Å². The molecule has 63 heavy (non-hydrogen) atoms. The van der Waals surface area contributed by atoms with E-state index in [1.807, 2.05) is 59.8 Å². The number of piperidine rings is 3.